The largest absolute Gasteiger partial charge is 0.491 e. The maximum absolute atomic E-state index is 12.3. The van der Waals surface area contributed by atoms with Gasteiger partial charge in [-0.15, -0.1) is 0 Å². The van der Waals surface area contributed by atoms with Gasteiger partial charge in [-0.25, -0.2) is 4.68 Å². The van der Waals surface area contributed by atoms with Crippen molar-refractivity contribution in [3.05, 3.63) is 65.3 Å². The fourth-order valence-electron chi connectivity index (χ4n) is 4.21. The summed E-state index contributed by atoms with van der Waals surface area (Å²) in [6, 6.07) is 11.2. The summed E-state index contributed by atoms with van der Waals surface area (Å²) in [5.41, 5.74) is 3.30. The Bertz CT molecular complexity index is 1340. The average Bonchev–Trinajstić information content (AvgIpc) is 3.32. The van der Waals surface area contributed by atoms with Crippen molar-refractivity contribution in [2.24, 2.45) is 7.05 Å². The molecule has 5 rings (SSSR count). The molecule has 4 heterocycles. The van der Waals surface area contributed by atoms with Crippen LogP contribution in [0.1, 0.15) is 0 Å². The molecular weight excluding hydrogens is 444 g/mol. The van der Waals surface area contributed by atoms with Gasteiger partial charge in [-0.3, -0.25) is 19.4 Å². The molecule has 1 fully saturated rings. The van der Waals surface area contributed by atoms with Crippen molar-refractivity contribution in [3.63, 3.8) is 0 Å². The Hall–Kier alpha value is -3.76. The normalized spacial score (nSPS) is 14.3. The second-order valence-corrected chi connectivity index (χ2v) is 8.59. The Morgan fingerprint density at radius 2 is 2.00 bits per heavy atom. The molecule has 3 aromatic heterocycles. The molecule has 0 bridgehead atoms. The molecule has 10 nitrogen and oxygen atoms in total. The molecule has 0 unspecified atom stereocenters. The van der Waals surface area contributed by atoms with Gasteiger partial charge in [0.15, 0.2) is 0 Å². The molecule has 182 valence electrons. The van der Waals surface area contributed by atoms with E-state index >= 15 is 0 Å². The maximum Gasteiger partial charge on any atom is 0.266 e. The molecule has 1 aliphatic heterocycles. The molecule has 35 heavy (non-hydrogen) atoms. The van der Waals surface area contributed by atoms with Crippen LogP contribution in [0.3, 0.4) is 0 Å². The fraction of sp³-hybridized carbons (Fsp3) is 0.360. The zero-order chi connectivity index (χ0) is 24.0. The summed E-state index contributed by atoms with van der Waals surface area (Å²) >= 11 is 0. The Kier molecular flexibility index (Phi) is 7.01. The van der Waals surface area contributed by atoms with E-state index in [1.807, 2.05) is 31.4 Å². The third-order valence-electron chi connectivity index (χ3n) is 6.10. The zero-order valence-corrected chi connectivity index (χ0v) is 19.9. The topological polar surface area (TPSA) is 102 Å². The minimum Gasteiger partial charge on any atom is -0.491 e. The lowest BCUT2D eigenvalue weighted by Gasteiger charge is -2.27. The molecule has 0 radical (unpaired) electrons. The van der Waals surface area contributed by atoms with Crippen LogP contribution < -0.4 is 20.9 Å². The van der Waals surface area contributed by atoms with Crippen molar-refractivity contribution in [2.45, 2.75) is 6.54 Å². The molecule has 0 aliphatic carbocycles. The van der Waals surface area contributed by atoms with Crippen LogP contribution in [0.4, 0.5) is 5.69 Å². The van der Waals surface area contributed by atoms with Crippen molar-refractivity contribution in [3.8, 4) is 17.0 Å². The molecule has 2 N–H and O–H groups in total. The summed E-state index contributed by atoms with van der Waals surface area (Å²) in [7, 11) is 1.85. The van der Waals surface area contributed by atoms with Crippen molar-refractivity contribution in [1.82, 2.24) is 34.8 Å². The van der Waals surface area contributed by atoms with Gasteiger partial charge in [-0.2, -0.15) is 10.2 Å². The second kappa shape index (κ2) is 10.7. The highest BCUT2D eigenvalue weighted by Crippen LogP contribution is 2.26. The lowest BCUT2D eigenvalue weighted by atomic mass is 10.2. The van der Waals surface area contributed by atoms with Gasteiger partial charge in [-0.05, 0) is 30.3 Å². The first-order valence-corrected chi connectivity index (χ1v) is 11.9. The SMILES string of the molecule is Cn1cc(-c2ccc(=O)n(CCOc3ccnc4cc(NCCN5CCNCC5)ccc34)n2)cn1. The highest BCUT2D eigenvalue weighted by molar-refractivity contribution is 5.87. The number of ether oxygens (including phenoxy) is 1. The summed E-state index contributed by atoms with van der Waals surface area (Å²) in [6.45, 7) is 6.86. The number of anilines is 1. The van der Waals surface area contributed by atoms with E-state index in [2.05, 4.69) is 36.8 Å². The molecule has 0 atom stereocenters. The number of benzene rings is 1. The molecule has 4 aromatic rings. The van der Waals surface area contributed by atoms with Crippen LogP contribution in [0.2, 0.25) is 0 Å². The number of hydrogen-bond donors (Lipinski definition) is 2. The molecule has 0 amide bonds. The minimum atomic E-state index is -0.169. The minimum absolute atomic E-state index is 0.169. The van der Waals surface area contributed by atoms with Crippen LogP contribution in [0, 0.1) is 0 Å². The van der Waals surface area contributed by atoms with Gasteiger partial charge in [0.2, 0.25) is 0 Å². The number of aromatic nitrogens is 5. The van der Waals surface area contributed by atoms with E-state index in [0.717, 1.165) is 67.2 Å². The summed E-state index contributed by atoms with van der Waals surface area (Å²) in [5.74, 6) is 0.735. The van der Waals surface area contributed by atoms with E-state index in [1.165, 1.54) is 10.7 Å². The van der Waals surface area contributed by atoms with Crippen LogP contribution in [0.15, 0.2) is 59.8 Å². The van der Waals surface area contributed by atoms with Gasteiger partial charge in [0.1, 0.15) is 12.4 Å². The highest BCUT2D eigenvalue weighted by Gasteiger charge is 2.10. The van der Waals surface area contributed by atoms with Gasteiger partial charge in [0.05, 0.1) is 24.0 Å². The fourth-order valence-corrected chi connectivity index (χ4v) is 4.21. The zero-order valence-electron chi connectivity index (χ0n) is 19.9. The predicted molar refractivity (Wildman–Crippen MR) is 136 cm³/mol. The second-order valence-electron chi connectivity index (χ2n) is 8.59. The van der Waals surface area contributed by atoms with Crippen LogP contribution in [-0.4, -0.2) is 75.3 Å². The summed E-state index contributed by atoms with van der Waals surface area (Å²) in [4.78, 5) is 19.3. The quantitative estimate of drug-likeness (QED) is 0.377. The molecule has 0 spiro atoms. The number of nitrogens with one attached hydrogen (secondary N) is 2. The van der Waals surface area contributed by atoms with Crippen molar-refractivity contribution in [1.29, 1.82) is 0 Å². The first-order chi connectivity index (χ1) is 17.2. The lowest BCUT2D eigenvalue weighted by molar-refractivity contribution is 0.249. The highest BCUT2D eigenvalue weighted by atomic mass is 16.5. The smallest absolute Gasteiger partial charge is 0.266 e. The lowest BCUT2D eigenvalue weighted by Crippen LogP contribution is -2.45. The van der Waals surface area contributed by atoms with E-state index in [0.29, 0.717) is 18.8 Å². The maximum atomic E-state index is 12.3. The molecule has 1 saturated heterocycles. The molecule has 1 aromatic carbocycles. The summed E-state index contributed by atoms with van der Waals surface area (Å²) < 4.78 is 9.17. The van der Waals surface area contributed by atoms with Crippen molar-refractivity contribution < 1.29 is 4.74 Å². The van der Waals surface area contributed by atoms with E-state index in [4.69, 9.17) is 4.74 Å². The van der Waals surface area contributed by atoms with Gasteiger partial charge in [0.25, 0.3) is 5.56 Å². The third kappa shape index (κ3) is 5.67. The van der Waals surface area contributed by atoms with Crippen LogP contribution in [0.25, 0.3) is 22.2 Å². The van der Waals surface area contributed by atoms with Crippen LogP contribution >= 0.6 is 0 Å². The summed E-state index contributed by atoms with van der Waals surface area (Å²) in [6.07, 6.45) is 5.34. The van der Waals surface area contributed by atoms with E-state index < -0.39 is 0 Å². The summed E-state index contributed by atoms with van der Waals surface area (Å²) in [5, 5.41) is 16.4. The number of hydrogen-bond acceptors (Lipinski definition) is 8. The monoisotopic (exact) mass is 474 g/mol. The first-order valence-electron chi connectivity index (χ1n) is 11.9. The number of fused-ring (bicyclic) bond motifs is 1. The number of pyridine rings is 1. The van der Waals surface area contributed by atoms with Gasteiger partial charge in [-0.1, -0.05) is 0 Å². The Labute approximate surface area is 203 Å². The molecule has 1 aliphatic rings. The Morgan fingerprint density at radius 3 is 2.83 bits per heavy atom. The molecular formula is C25H30N8O2. The number of rotatable bonds is 9. The van der Waals surface area contributed by atoms with Crippen LogP contribution in [0.5, 0.6) is 5.75 Å². The number of aryl methyl sites for hydroxylation is 1. The van der Waals surface area contributed by atoms with E-state index in [9.17, 15) is 4.79 Å². The van der Waals surface area contributed by atoms with Crippen molar-refractivity contribution in [2.75, 3.05) is 51.2 Å². The average molecular weight is 475 g/mol. The predicted octanol–water partition coefficient (Wildman–Crippen LogP) is 1.59. The first kappa shape index (κ1) is 23.0. The number of nitrogens with zero attached hydrogens (tertiary/aromatic N) is 6. The third-order valence-corrected chi connectivity index (χ3v) is 6.10. The Balaban J connectivity index is 1.21. The van der Waals surface area contributed by atoms with E-state index in [-0.39, 0.29) is 5.56 Å². The van der Waals surface area contributed by atoms with Gasteiger partial charge < -0.3 is 15.4 Å². The number of piperazine rings is 1. The Morgan fingerprint density at radius 1 is 1.11 bits per heavy atom. The van der Waals surface area contributed by atoms with E-state index in [1.54, 1.807) is 23.1 Å². The molecule has 0 saturated carbocycles. The standard InChI is InChI=1S/C25H30N8O2/c1-31-18-19(17-29-31)22-4-5-25(34)33(30-22)14-15-35-24-6-7-28-23-16-20(2-3-21(23)24)27-10-13-32-11-8-26-9-12-32/h2-7,16-18,26-27H,8-15H2,1H3. The molecule has 10 heteroatoms. The van der Waals surface area contributed by atoms with Gasteiger partial charge >= 0.3 is 0 Å². The van der Waals surface area contributed by atoms with Crippen LogP contribution in [-0.2, 0) is 13.6 Å². The van der Waals surface area contributed by atoms with Gasteiger partial charge in [0, 0.05) is 81.4 Å². The van der Waals surface area contributed by atoms with Crippen molar-refractivity contribution >= 4 is 16.6 Å².